The molecule has 0 aliphatic heterocycles. The van der Waals surface area contributed by atoms with Crippen LogP contribution < -0.4 is 5.73 Å². The van der Waals surface area contributed by atoms with Gasteiger partial charge in [-0.2, -0.15) is 4.21 Å². The second-order valence-corrected chi connectivity index (χ2v) is 4.79. The highest BCUT2D eigenvalue weighted by Gasteiger charge is 2.28. The first-order valence-corrected chi connectivity index (χ1v) is 6.66. The van der Waals surface area contributed by atoms with E-state index in [0.29, 0.717) is 0 Å². The highest BCUT2D eigenvalue weighted by Crippen LogP contribution is 2.24. The Bertz CT molecular complexity index is 551. The number of nitrogens with two attached hydrogens (primary N) is 1. The van der Waals surface area contributed by atoms with Gasteiger partial charge in [-0.1, -0.05) is 0 Å². The molecule has 0 saturated carbocycles. The van der Waals surface area contributed by atoms with Gasteiger partial charge in [0.25, 0.3) is 0 Å². The van der Waals surface area contributed by atoms with Crippen molar-refractivity contribution in [1.82, 2.24) is 0 Å². The standard InChI is InChI=1S/C12H15NO7S/c1-12(13,20-21(16)17)9-5-7(10(14)18-2)4-8(6-9)11(15)19-3/h4-6H,13H2,1-3H3,(H,16,17). The molecule has 0 aliphatic carbocycles. The lowest BCUT2D eigenvalue weighted by molar-refractivity contribution is 0.0597. The molecule has 0 amide bonds. The maximum absolute atomic E-state index is 11.6. The summed E-state index contributed by atoms with van der Waals surface area (Å²) >= 11 is -2.63. The van der Waals surface area contributed by atoms with Crippen LogP contribution in [0.2, 0.25) is 0 Å². The zero-order valence-electron chi connectivity index (χ0n) is 11.6. The normalized spacial score (nSPS) is 14.9. The molecule has 1 aromatic carbocycles. The van der Waals surface area contributed by atoms with Crippen LogP contribution in [-0.4, -0.2) is 34.9 Å². The highest BCUT2D eigenvalue weighted by molar-refractivity contribution is 7.74. The van der Waals surface area contributed by atoms with Crippen LogP contribution in [0.3, 0.4) is 0 Å². The summed E-state index contributed by atoms with van der Waals surface area (Å²) in [6.07, 6.45) is 0. The van der Waals surface area contributed by atoms with Gasteiger partial charge in [0.15, 0.2) is 5.72 Å². The first-order valence-electron chi connectivity index (χ1n) is 5.62. The molecule has 8 nitrogen and oxygen atoms in total. The van der Waals surface area contributed by atoms with Crippen molar-refractivity contribution in [3.63, 3.8) is 0 Å². The van der Waals surface area contributed by atoms with E-state index >= 15 is 0 Å². The highest BCUT2D eigenvalue weighted by atomic mass is 32.2. The fraction of sp³-hybridized carbons (Fsp3) is 0.333. The van der Waals surface area contributed by atoms with Crippen LogP contribution in [0.5, 0.6) is 0 Å². The molecule has 1 rings (SSSR count). The molecule has 0 saturated heterocycles. The molecule has 1 aromatic rings. The molecular weight excluding hydrogens is 302 g/mol. The predicted molar refractivity (Wildman–Crippen MR) is 72.5 cm³/mol. The van der Waals surface area contributed by atoms with E-state index in [1.54, 1.807) is 0 Å². The van der Waals surface area contributed by atoms with Crippen molar-refractivity contribution in [3.8, 4) is 0 Å². The first-order chi connectivity index (χ1) is 9.71. The SMILES string of the molecule is COC(=O)c1cc(C(=O)OC)cc(C(C)(N)OS(=O)O)c1. The van der Waals surface area contributed by atoms with Crippen molar-refractivity contribution in [2.75, 3.05) is 14.2 Å². The van der Waals surface area contributed by atoms with E-state index in [2.05, 4.69) is 13.7 Å². The van der Waals surface area contributed by atoms with E-state index in [1.165, 1.54) is 39.3 Å². The molecule has 0 fully saturated rings. The van der Waals surface area contributed by atoms with E-state index in [1.807, 2.05) is 0 Å². The Balaban J connectivity index is 3.40. The van der Waals surface area contributed by atoms with E-state index in [9.17, 15) is 13.8 Å². The third kappa shape index (κ3) is 4.33. The van der Waals surface area contributed by atoms with Gasteiger partial charge in [0.2, 0.25) is 0 Å². The number of carbonyl (C=O) groups excluding carboxylic acids is 2. The van der Waals surface area contributed by atoms with Crippen LogP contribution in [0, 0.1) is 0 Å². The Hall–Kier alpha value is -1.81. The lowest BCUT2D eigenvalue weighted by atomic mass is 9.99. The zero-order valence-corrected chi connectivity index (χ0v) is 12.4. The smallest absolute Gasteiger partial charge is 0.337 e. The molecule has 0 spiro atoms. The Labute approximate surface area is 123 Å². The van der Waals surface area contributed by atoms with Crippen molar-refractivity contribution in [3.05, 3.63) is 34.9 Å². The lowest BCUT2D eigenvalue weighted by Gasteiger charge is -2.23. The summed E-state index contributed by atoms with van der Waals surface area (Å²) in [5.41, 5.74) is 4.27. The Morgan fingerprint density at radius 1 is 1.14 bits per heavy atom. The second kappa shape index (κ2) is 6.76. The van der Waals surface area contributed by atoms with Gasteiger partial charge in [-0.3, -0.25) is 10.3 Å². The van der Waals surface area contributed by atoms with Gasteiger partial charge in [-0.05, 0) is 25.1 Å². The van der Waals surface area contributed by atoms with Crippen molar-refractivity contribution in [1.29, 1.82) is 0 Å². The average molecular weight is 317 g/mol. The summed E-state index contributed by atoms with van der Waals surface area (Å²) in [4.78, 5) is 23.2. The van der Waals surface area contributed by atoms with Crippen LogP contribution >= 0.6 is 0 Å². The summed E-state index contributed by atoms with van der Waals surface area (Å²) in [5, 5.41) is 0. The zero-order chi connectivity index (χ0) is 16.2. The fourth-order valence-electron chi connectivity index (χ4n) is 1.58. The molecular formula is C12H15NO7S. The molecule has 9 heteroatoms. The molecule has 0 aliphatic rings. The average Bonchev–Trinajstić information content (AvgIpc) is 2.43. The van der Waals surface area contributed by atoms with Gasteiger partial charge in [0, 0.05) is 5.56 Å². The summed E-state index contributed by atoms with van der Waals surface area (Å²) in [5.74, 6) is -1.41. The minimum Gasteiger partial charge on any atom is -0.465 e. The quantitative estimate of drug-likeness (QED) is 0.458. The predicted octanol–water partition coefficient (Wildman–Crippen LogP) is 0.544. The first kappa shape index (κ1) is 17.2. The van der Waals surface area contributed by atoms with E-state index in [0.717, 1.165) is 0 Å². The Morgan fingerprint density at radius 2 is 1.57 bits per heavy atom. The number of hydrogen-bond acceptors (Lipinski definition) is 7. The van der Waals surface area contributed by atoms with Gasteiger partial charge in [-0.25, -0.2) is 13.8 Å². The van der Waals surface area contributed by atoms with Crippen molar-refractivity contribution in [2.45, 2.75) is 12.6 Å². The fourth-order valence-corrected chi connectivity index (χ4v) is 1.97. The number of carbonyl (C=O) groups is 2. The third-order valence-electron chi connectivity index (χ3n) is 2.59. The minimum atomic E-state index is -2.63. The van der Waals surface area contributed by atoms with Crippen molar-refractivity contribution in [2.24, 2.45) is 5.73 Å². The summed E-state index contributed by atoms with van der Waals surface area (Å²) < 4.78 is 33.4. The molecule has 0 bridgehead atoms. The minimum absolute atomic E-state index is 0.0272. The molecule has 116 valence electrons. The van der Waals surface area contributed by atoms with Gasteiger partial charge in [-0.15, -0.1) is 0 Å². The maximum Gasteiger partial charge on any atom is 0.337 e. The number of hydrogen-bond donors (Lipinski definition) is 2. The molecule has 21 heavy (non-hydrogen) atoms. The number of esters is 2. The lowest BCUT2D eigenvalue weighted by Crippen LogP contribution is -2.37. The number of ether oxygens (including phenoxy) is 2. The van der Waals surface area contributed by atoms with Gasteiger partial charge < -0.3 is 9.47 Å². The van der Waals surface area contributed by atoms with Crippen molar-refractivity contribution < 1.29 is 32.0 Å². The molecule has 0 aromatic heterocycles. The Morgan fingerprint density at radius 3 is 1.90 bits per heavy atom. The number of rotatable bonds is 5. The largest absolute Gasteiger partial charge is 0.465 e. The molecule has 2 unspecified atom stereocenters. The third-order valence-corrected chi connectivity index (χ3v) is 3.08. The summed E-state index contributed by atoms with van der Waals surface area (Å²) in [6.45, 7) is 1.30. The van der Waals surface area contributed by atoms with Gasteiger partial charge in [0.05, 0.1) is 25.3 Å². The van der Waals surface area contributed by atoms with E-state index in [-0.39, 0.29) is 16.7 Å². The molecule has 3 N–H and O–H groups in total. The topological polar surface area (TPSA) is 125 Å². The van der Waals surface area contributed by atoms with E-state index < -0.39 is 29.0 Å². The van der Waals surface area contributed by atoms with Crippen LogP contribution in [-0.2, 0) is 30.7 Å². The molecule has 2 atom stereocenters. The van der Waals surface area contributed by atoms with E-state index in [4.69, 9.17) is 10.3 Å². The maximum atomic E-state index is 11.6. The van der Waals surface area contributed by atoms with Gasteiger partial charge >= 0.3 is 23.3 Å². The van der Waals surface area contributed by atoms with Crippen molar-refractivity contribution >= 4 is 23.3 Å². The summed E-state index contributed by atoms with van der Waals surface area (Å²) in [7, 11) is 2.35. The number of methoxy groups -OCH3 is 2. The Kier molecular flexibility index (Phi) is 5.55. The monoisotopic (exact) mass is 317 g/mol. The molecule has 0 radical (unpaired) electrons. The molecule has 0 heterocycles. The van der Waals surface area contributed by atoms with Gasteiger partial charge in [0.1, 0.15) is 0 Å². The van der Waals surface area contributed by atoms with Crippen LogP contribution in [0.4, 0.5) is 0 Å². The van der Waals surface area contributed by atoms with Crippen LogP contribution in [0.15, 0.2) is 18.2 Å². The summed E-state index contributed by atoms with van der Waals surface area (Å²) in [6, 6.07) is 3.85. The number of benzene rings is 1. The van der Waals surface area contributed by atoms with Crippen LogP contribution in [0.25, 0.3) is 0 Å². The van der Waals surface area contributed by atoms with Crippen LogP contribution in [0.1, 0.15) is 33.2 Å². The second-order valence-electron chi connectivity index (χ2n) is 4.19.